The van der Waals surface area contributed by atoms with Gasteiger partial charge in [-0.05, 0) is 50.9 Å². The normalized spacial score (nSPS) is 12.9. The smallest absolute Gasteiger partial charge is 0.0389 e. The largest absolute Gasteiger partial charge is 0.305 e. The molecule has 2 heterocycles. The van der Waals surface area contributed by atoms with Crippen molar-refractivity contribution >= 4 is 54.5 Å². The van der Waals surface area contributed by atoms with Gasteiger partial charge in [0.15, 0.2) is 0 Å². The first-order valence-electron chi connectivity index (χ1n) is 4.85. The van der Waals surface area contributed by atoms with Crippen molar-refractivity contribution in [3.63, 3.8) is 0 Å². The lowest BCUT2D eigenvalue weighted by Crippen LogP contribution is -2.16. The molecular weight excluding hydrogens is 370 g/mol. The van der Waals surface area contributed by atoms with Crippen molar-refractivity contribution in [3.8, 4) is 0 Å². The molecule has 1 N–H and O–H groups in total. The van der Waals surface area contributed by atoms with E-state index in [4.69, 9.17) is 0 Å². The lowest BCUT2D eigenvalue weighted by atomic mass is 10.3. The fourth-order valence-corrected chi connectivity index (χ4v) is 4.24. The van der Waals surface area contributed by atoms with Gasteiger partial charge in [-0.15, -0.1) is 22.7 Å². The minimum Gasteiger partial charge on any atom is -0.305 e. The van der Waals surface area contributed by atoms with Gasteiger partial charge < -0.3 is 5.32 Å². The van der Waals surface area contributed by atoms with Gasteiger partial charge in [0.05, 0.1) is 0 Å². The summed E-state index contributed by atoms with van der Waals surface area (Å²) in [6.45, 7) is 3.12. The first-order chi connectivity index (χ1) is 7.65. The molecule has 0 aliphatic rings. The average molecular weight is 381 g/mol. The highest BCUT2D eigenvalue weighted by Gasteiger charge is 2.07. The predicted molar refractivity (Wildman–Crippen MR) is 79.3 cm³/mol. The first kappa shape index (κ1) is 12.8. The number of rotatable bonds is 4. The van der Waals surface area contributed by atoms with Crippen molar-refractivity contribution < 1.29 is 0 Å². The van der Waals surface area contributed by atoms with Gasteiger partial charge in [-0.1, -0.05) is 0 Å². The Morgan fingerprint density at radius 3 is 2.44 bits per heavy atom. The van der Waals surface area contributed by atoms with Crippen molar-refractivity contribution in [1.82, 2.24) is 5.32 Å². The highest BCUT2D eigenvalue weighted by atomic mass is 79.9. The maximum atomic E-state index is 3.52. The second-order valence-electron chi connectivity index (χ2n) is 3.50. The highest BCUT2D eigenvalue weighted by molar-refractivity contribution is 9.10. The molecule has 0 fully saturated rings. The molecule has 1 nitrogen and oxygen atoms in total. The van der Waals surface area contributed by atoms with Crippen LogP contribution in [0.3, 0.4) is 0 Å². The van der Waals surface area contributed by atoms with E-state index in [0.29, 0.717) is 6.04 Å². The molecule has 0 spiro atoms. The number of thiophene rings is 2. The van der Waals surface area contributed by atoms with Crippen LogP contribution in [0.2, 0.25) is 0 Å². The van der Waals surface area contributed by atoms with Crippen LogP contribution in [0.4, 0.5) is 0 Å². The number of hydrogen-bond acceptors (Lipinski definition) is 3. The number of hydrogen-bond donors (Lipinski definition) is 1. The zero-order valence-corrected chi connectivity index (χ0v) is 13.5. The fourth-order valence-electron chi connectivity index (χ4n) is 1.36. The van der Waals surface area contributed by atoms with E-state index in [0.717, 1.165) is 6.54 Å². The SMILES string of the molecule is CC(NCc1cc(Br)cs1)c1cc(Br)cs1. The fraction of sp³-hybridized carbons (Fsp3) is 0.273. The van der Waals surface area contributed by atoms with E-state index in [2.05, 4.69) is 67.0 Å². The van der Waals surface area contributed by atoms with Crippen molar-refractivity contribution in [1.29, 1.82) is 0 Å². The van der Waals surface area contributed by atoms with Gasteiger partial charge >= 0.3 is 0 Å². The number of halogens is 2. The lowest BCUT2D eigenvalue weighted by molar-refractivity contribution is 0.587. The highest BCUT2D eigenvalue weighted by Crippen LogP contribution is 2.26. The van der Waals surface area contributed by atoms with E-state index >= 15 is 0 Å². The maximum Gasteiger partial charge on any atom is 0.0389 e. The molecule has 0 bridgehead atoms. The number of nitrogens with one attached hydrogen (secondary N) is 1. The summed E-state index contributed by atoms with van der Waals surface area (Å²) >= 11 is 10.5. The molecule has 16 heavy (non-hydrogen) atoms. The van der Waals surface area contributed by atoms with Crippen LogP contribution in [0.25, 0.3) is 0 Å². The van der Waals surface area contributed by atoms with Gasteiger partial charge in [0, 0.05) is 42.0 Å². The van der Waals surface area contributed by atoms with Gasteiger partial charge in [0.25, 0.3) is 0 Å². The Kier molecular flexibility index (Phi) is 4.61. The molecule has 0 aliphatic carbocycles. The van der Waals surface area contributed by atoms with E-state index in [1.807, 2.05) is 0 Å². The standard InChI is InChI=1S/C11H11Br2NS2/c1-7(11-3-9(13)6-16-11)14-4-10-2-8(12)5-15-10/h2-3,5-7,14H,4H2,1H3. The second kappa shape index (κ2) is 5.78. The molecule has 2 aromatic rings. The molecule has 5 heteroatoms. The third-order valence-corrected chi connectivity index (χ3v) is 5.79. The van der Waals surface area contributed by atoms with Crippen LogP contribution in [0.15, 0.2) is 31.8 Å². The Hall–Kier alpha value is 0.320. The molecule has 2 aromatic heterocycles. The van der Waals surface area contributed by atoms with Gasteiger partial charge in [-0.2, -0.15) is 0 Å². The van der Waals surface area contributed by atoms with Crippen molar-refractivity contribution in [3.05, 3.63) is 41.6 Å². The summed E-state index contributed by atoms with van der Waals surface area (Å²) in [7, 11) is 0. The third kappa shape index (κ3) is 3.40. The molecule has 0 saturated carbocycles. The molecule has 0 aliphatic heterocycles. The zero-order valence-electron chi connectivity index (χ0n) is 8.67. The Morgan fingerprint density at radius 1 is 1.19 bits per heavy atom. The lowest BCUT2D eigenvalue weighted by Gasteiger charge is -2.10. The van der Waals surface area contributed by atoms with Gasteiger partial charge in [-0.3, -0.25) is 0 Å². The van der Waals surface area contributed by atoms with E-state index < -0.39 is 0 Å². The van der Waals surface area contributed by atoms with Crippen LogP contribution in [0, 0.1) is 0 Å². The summed E-state index contributed by atoms with van der Waals surface area (Å²) in [5.41, 5.74) is 0. The van der Waals surface area contributed by atoms with Crippen LogP contribution >= 0.6 is 54.5 Å². The second-order valence-corrected chi connectivity index (χ2v) is 7.27. The third-order valence-electron chi connectivity index (χ3n) is 2.22. The Bertz CT molecular complexity index is 464. The van der Waals surface area contributed by atoms with Crippen LogP contribution in [0.1, 0.15) is 22.7 Å². The van der Waals surface area contributed by atoms with Gasteiger partial charge in [-0.25, -0.2) is 0 Å². The minimum absolute atomic E-state index is 0.400. The molecule has 86 valence electrons. The summed E-state index contributed by atoms with van der Waals surface area (Å²) in [6.07, 6.45) is 0. The van der Waals surface area contributed by atoms with Gasteiger partial charge in [0.1, 0.15) is 0 Å². The Balaban J connectivity index is 1.91. The van der Waals surface area contributed by atoms with Crippen LogP contribution in [0.5, 0.6) is 0 Å². The summed E-state index contributed by atoms with van der Waals surface area (Å²) in [5, 5.41) is 7.76. The summed E-state index contributed by atoms with van der Waals surface area (Å²) in [5.74, 6) is 0. The Morgan fingerprint density at radius 2 is 1.88 bits per heavy atom. The van der Waals surface area contributed by atoms with E-state index in [-0.39, 0.29) is 0 Å². The van der Waals surface area contributed by atoms with Crippen molar-refractivity contribution in [2.75, 3.05) is 0 Å². The molecule has 1 unspecified atom stereocenters. The predicted octanol–water partition coefficient (Wildman–Crippen LogP) is 5.19. The molecule has 2 rings (SSSR count). The first-order valence-corrected chi connectivity index (χ1v) is 8.20. The quantitative estimate of drug-likeness (QED) is 0.769. The monoisotopic (exact) mass is 379 g/mol. The molecule has 0 aromatic carbocycles. The van der Waals surface area contributed by atoms with Crippen LogP contribution in [-0.4, -0.2) is 0 Å². The molecular formula is C11H11Br2NS2. The van der Waals surface area contributed by atoms with Crippen LogP contribution in [-0.2, 0) is 6.54 Å². The van der Waals surface area contributed by atoms with Crippen LogP contribution < -0.4 is 5.32 Å². The van der Waals surface area contributed by atoms with Crippen molar-refractivity contribution in [2.45, 2.75) is 19.5 Å². The van der Waals surface area contributed by atoms with E-state index in [1.165, 1.54) is 18.7 Å². The van der Waals surface area contributed by atoms with Gasteiger partial charge in [0.2, 0.25) is 0 Å². The summed E-state index contributed by atoms with van der Waals surface area (Å²) < 4.78 is 2.33. The zero-order chi connectivity index (χ0) is 11.5. The molecule has 0 radical (unpaired) electrons. The summed E-state index contributed by atoms with van der Waals surface area (Å²) in [6, 6.07) is 4.73. The maximum absolute atomic E-state index is 3.52. The van der Waals surface area contributed by atoms with E-state index in [1.54, 1.807) is 22.7 Å². The molecule has 0 saturated heterocycles. The average Bonchev–Trinajstić information content (AvgIpc) is 2.84. The molecule has 0 amide bonds. The van der Waals surface area contributed by atoms with E-state index in [9.17, 15) is 0 Å². The minimum atomic E-state index is 0.400. The summed E-state index contributed by atoms with van der Waals surface area (Å²) in [4.78, 5) is 2.72. The Labute approximate surface area is 120 Å². The topological polar surface area (TPSA) is 12.0 Å². The van der Waals surface area contributed by atoms with Crippen molar-refractivity contribution in [2.24, 2.45) is 0 Å². The molecule has 1 atom stereocenters.